The predicted molar refractivity (Wildman–Crippen MR) is 185 cm³/mol. The molecule has 1 saturated heterocycles. The number of H-pyrrole nitrogens is 2. The molecule has 3 rings (SSSR count). The van der Waals surface area contributed by atoms with Crippen LogP contribution in [0.1, 0.15) is 65.3 Å². The molecule has 19 nitrogen and oxygen atoms in total. The quantitative estimate of drug-likeness (QED) is 0.0773. The zero-order valence-corrected chi connectivity index (χ0v) is 30.4. The van der Waals surface area contributed by atoms with Crippen LogP contribution in [0.3, 0.4) is 0 Å². The number of likely N-dealkylation sites (tertiary alicyclic amines) is 1. The Morgan fingerprint density at radius 1 is 0.788 bits per heavy atom. The lowest BCUT2D eigenvalue weighted by atomic mass is 10.0. The lowest BCUT2D eigenvalue weighted by Crippen LogP contribution is -2.59. The molecule has 0 unspecified atom stereocenters. The van der Waals surface area contributed by atoms with Crippen LogP contribution in [0.4, 0.5) is 0 Å². The van der Waals surface area contributed by atoms with Crippen molar-refractivity contribution in [1.29, 1.82) is 0 Å². The number of carbonyl (C=O) groups is 7. The van der Waals surface area contributed by atoms with Crippen LogP contribution >= 0.6 is 0 Å². The van der Waals surface area contributed by atoms with Crippen LogP contribution in [0.25, 0.3) is 0 Å². The van der Waals surface area contributed by atoms with Crippen LogP contribution in [-0.4, -0.2) is 122 Å². The first-order chi connectivity index (χ1) is 24.6. The average Bonchev–Trinajstić information content (AvgIpc) is 3.90. The molecule has 52 heavy (non-hydrogen) atoms. The van der Waals surface area contributed by atoms with E-state index in [1.54, 1.807) is 0 Å². The molecule has 2 aromatic heterocycles. The molecule has 6 amide bonds. The molecule has 1 fully saturated rings. The average molecular weight is 730 g/mol. The number of ether oxygens (including phenoxy) is 1. The molecule has 0 aromatic carbocycles. The van der Waals surface area contributed by atoms with Gasteiger partial charge < -0.3 is 51.9 Å². The summed E-state index contributed by atoms with van der Waals surface area (Å²) in [7, 11) is 1.22. The number of aromatic nitrogens is 4. The standard InChI is InChI=1S/C33H51N11O8/c1-17(2)10-25(33(51)52-6)43-29(47)20(5)39-28(46)19(4)40-31(49)26-8-7-9-44(26)32(50)24(12-22-14-36-16-38-22)42-30(48)23(41-27(45)18(3)34)11-21-13-35-15-37-21/h13-20,23-26H,7-12,34H2,1-6H3,(H,35,37)(H,36,38)(H,39,46)(H,40,49)(H,41,45)(H,42,48)(H,43,47)/t18-,19+,20-,23-,24-,25+,26-/m0/s1. The molecule has 7 atom stereocenters. The monoisotopic (exact) mass is 729 g/mol. The van der Waals surface area contributed by atoms with E-state index < -0.39 is 83.7 Å². The minimum atomic E-state index is -1.16. The van der Waals surface area contributed by atoms with Gasteiger partial charge in [-0.15, -0.1) is 0 Å². The SMILES string of the molecule is COC(=O)[C@@H](CC(C)C)NC(=O)[C@H](C)NC(=O)[C@@H](C)NC(=O)[C@@H]1CCCN1C(=O)[C@H](Cc1cnc[nH]1)NC(=O)[C@H](Cc1cnc[nH]1)NC(=O)[C@H](C)N. The lowest BCUT2D eigenvalue weighted by molar-refractivity contribution is -0.145. The van der Waals surface area contributed by atoms with Crippen molar-refractivity contribution in [2.75, 3.05) is 13.7 Å². The van der Waals surface area contributed by atoms with Gasteiger partial charge in [-0.1, -0.05) is 13.8 Å². The maximum Gasteiger partial charge on any atom is 0.328 e. The molecule has 3 heterocycles. The first-order valence-electron chi connectivity index (χ1n) is 17.2. The Morgan fingerprint density at radius 2 is 1.33 bits per heavy atom. The number of hydrogen-bond acceptors (Lipinski definition) is 11. The Hall–Kier alpha value is -5.33. The van der Waals surface area contributed by atoms with Crippen LogP contribution in [-0.2, 0) is 51.1 Å². The third-order valence-electron chi connectivity index (χ3n) is 8.47. The number of nitrogens with zero attached hydrogens (tertiary/aromatic N) is 3. The van der Waals surface area contributed by atoms with E-state index in [1.165, 1.54) is 57.8 Å². The summed E-state index contributed by atoms with van der Waals surface area (Å²) in [5.74, 6) is -4.17. The highest BCUT2D eigenvalue weighted by Gasteiger charge is 2.39. The van der Waals surface area contributed by atoms with Gasteiger partial charge in [0, 0.05) is 43.2 Å². The summed E-state index contributed by atoms with van der Waals surface area (Å²) in [6.45, 7) is 8.34. The summed E-state index contributed by atoms with van der Waals surface area (Å²) in [4.78, 5) is 107. The fourth-order valence-corrected chi connectivity index (χ4v) is 5.62. The Balaban J connectivity index is 1.69. The Morgan fingerprint density at radius 3 is 1.87 bits per heavy atom. The molecule has 9 N–H and O–H groups in total. The van der Waals surface area contributed by atoms with E-state index in [2.05, 4.69) is 46.5 Å². The van der Waals surface area contributed by atoms with E-state index in [-0.39, 0.29) is 25.3 Å². The van der Waals surface area contributed by atoms with Crippen molar-refractivity contribution in [3.05, 3.63) is 36.4 Å². The molecule has 0 spiro atoms. The van der Waals surface area contributed by atoms with Gasteiger partial charge in [0.15, 0.2) is 0 Å². The van der Waals surface area contributed by atoms with Crippen LogP contribution in [0, 0.1) is 5.92 Å². The van der Waals surface area contributed by atoms with E-state index in [0.717, 1.165) is 0 Å². The summed E-state index contributed by atoms with van der Waals surface area (Å²) >= 11 is 0. The second-order valence-corrected chi connectivity index (χ2v) is 13.3. The van der Waals surface area contributed by atoms with Gasteiger partial charge in [0.2, 0.25) is 35.4 Å². The number of amides is 6. The van der Waals surface area contributed by atoms with Crippen molar-refractivity contribution in [2.45, 2.75) is 109 Å². The molecule has 0 radical (unpaired) electrons. The maximum absolute atomic E-state index is 14.1. The molecular formula is C33H51N11O8. The van der Waals surface area contributed by atoms with Crippen molar-refractivity contribution >= 4 is 41.4 Å². The van der Waals surface area contributed by atoms with Crippen molar-refractivity contribution in [2.24, 2.45) is 11.7 Å². The molecule has 19 heteroatoms. The summed E-state index contributed by atoms with van der Waals surface area (Å²) in [5, 5.41) is 13.1. The number of esters is 1. The van der Waals surface area contributed by atoms with Gasteiger partial charge in [-0.05, 0) is 46.0 Å². The Labute approximate surface area is 301 Å². The van der Waals surface area contributed by atoms with Gasteiger partial charge in [-0.25, -0.2) is 14.8 Å². The second kappa shape index (κ2) is 19.3. The zero-order chi connectivity index (χ0) is 38.5. The fourth-order valence-electron chi connectivity index (χ4n) is 5.62. The normalized spacial score (nSPS) is 17.5. The molecule has 1 aliphatic heterocycles. The highest BCUT2D eigenvalue weighted by Crippen LogP contribution is 2.20. The van der Waals surface area contributed by atoms with E-state index in [0.29, 0.717) is 30.7 Å². The molecule has 0 bridgehead atoms. The number of methoxy groups -OCH3 is 1. The number of carbonyl (C=O) groups excluding carboxylic acids is 7. The second-order valence-electron chi connectivity index (χ2n) is 13.3. The van der Waals surface area contributed by atoms with Gasteiger partial charge in [0.05, 0.1) is 25.8 Å². The van der Waals surface area contributed by atoms with Gasteiger partial charge in [0.25, 0.3) is 0 Å². The largest absolute Gasteiger partial charge is 0.467 e. The minimum absolute atomic E-state index is 0.000191. The molecule has 0 aliphatic carbocycles. The number of nitrogens with two attached hydrogens (primary N) is 1. The van der Waals surface area contributed by atoms with Crippen LogP contribution in [0.15, 0.2) is 25.0 Å². The highest BCUT2D eigenvalue weighted by atomic mass is 16.5. The highest BCUT2D eigenvalue weighted by molar-refractivity contribution is 5.97. The van der Waals surface area contributed by atoms with Gasteiger partial charge in [-0.3, -0.25) is 28.8 Å². The van der Waals surface area contributed by atoms with E-state index in [9.17, 15) is 33.6 Å². The third kappa shape index (κ3) is 11.9. The fraction of sp³-hybridized carbons (Fsp3) is 0.606. The number of imidazole rings is 2. The molecular weight excluding hydrogens is 678 g/mol. The van der Waals surface area contributed by atoms with Crippen molar-refractivity contribution < 1.29 is 38.3 Å². The number of nitrogens with one attached hydrogen (secondary N) is 7. The maximum atomic E-state index is 14.1. The van der Waals surface area contributed by atoms with E-state index in [1.807, 2.05) is 13.8 Å². The van der Waals surface area contributed by atoms with Crippen molar-refractivity contribution in [3.63, 3.8) is 0 Å². The van der Waals surface area contributed by atoms with Gasteiger partial charge in [-0.2, -0.15) is 0 Å². The Kier molecular flexibility index (Phi) is 15.3. The Bertz CT molecular complexity index is 1530. The topological polar surface area (TPSA) is 275 Å². The van der Waals surface area contributed by atoms with Crippen molar-refractivity contribution in [3.8, 4) is 0 Å². The van der Waals surface area contributed by atoms with E-state index >= 15 is 0 Å². The minimum Gasteiger partial charge on any atom is -0.467 e. The van der Waals surface area contributed by atoms with Gasteiger partial charge in [0.1, 0.15) is 36.3 Å². The zero-order valence-electron chi connectivity index (χ0n) is 30.4. The predicted octanol–water partition coefficient (Wildman–Crippen LogP) is -2.06. The summed E-state index contributed by atoms with van der Waals surface area (Å²) in [5.41, 5.74) is 6.82. The molecule has 286 valence electrons. The lowest BCUT2D eigenvalue weighted by Gasteiger charge is -2.30. The molecule has 0 saturated carbocycles. The van der Waals surface area contributed by atoms with Crippen LogP contribution < -0.4 is 32.3 Å². The van der Waals surface area contributed by atoms with Crippen molar-refractivity contribution in [1.82, 2.24) is 51.4 Å². The van der Waals surface area contributed by atoms with Gasteiger partial charge >= 0.3 is 5.97 Å². The number of aromatic amines is 2. The smallest absolute Gasteiger partial charge is 0.328 e. The number of rotatable bonds is 18. The first-order valence-corrected chi connectivity index (χ1v) is 17.2. The molecule has 1 aliphatic rings. The third-order valence-corrected chi connectivity index (χ3v) is 8.47. The molecule has 2 aromatic rings. The van der Waals surface area contributed by atoms with E-state index in [4.69, 9.17) is 10.5 Å². The number of hydrogen-bond donors (Lipinski definition) is 8. The van der Waals surface area contributed by atoms with Crippen LogP contribution in [0.2, 0.25) is 0 Å². The summed E-state index contributed by atoms with van der Waals surface area (Å²) < 4.78 is 4.78. The van der Waals surface area contributed by atoms with Crippen LogP contribution in [0.5, 0.6) is 0 Å². The first kappa shape index (κ1) is 41.1. The summed E-state index contributed by atoms with van der Waals surface area (Å²) in [6, 6.07) is -7.16. The summed E-state index contributed by atoms with van der Waals surface area (Å²) in [6.07, 6.45) is 7.02.